The van der Waals surface area contributed by atoms with Gasteiger partial charge in [-0.3, -0.25) is 4.79 Å². The van der Waals surface area contributed by atoms with Crippen LogP contribution in [0.2, 0.25) is 0 Å². The van der Waals surface area contributed by atoms with Crippen molar-refractivity contribution in [2.24, 2.45) is 0 Å². The highest BCUT2D eigenvalue weighted by atomic mass is 32.1. The van der Waals surface area contributed by atoms with E-state index in [2.05, 4.69) is 15.6 Å². The van der Waals surface area contributed by atoms with Crippen LogP contribution in [0.3, 0.4) is 0 Å². The maximum atomic E-state index is 11.9. The van der Waals surface area contributed by atoms with Crippen molar-refractivity contribution in [3.05, 3.63) is 28.3 Å². The number of aryl methyl sites for hydroxylation is 1. The number of rotatable bonds is 4. The van der Waals surface area contributed by atoms with Gasteiger partial charge in [0.2, 0.25) is 5.91 Å². The van der Waals surface area contributed by atoms with Gasteiger partial charge in [0, 0.05) is 5.38 Å². The Kier molecular flexibility index (Phi) is 3.84. The summed E-state index contributed by atoms with van der Waals surface area (Å²) in [6, 6.07) is 3.72. The van der Waals surface area contributed by atoms with Crippen molar-refractivity contribution in [1.82, 2.24) is 15.6 Å². The highest BCUT2D eigenvalue weighted by Crippen LogP contribution is 2.23. The number of nitrogens with one attached hydrogen (secondary N) is 2. The van der Waals surface area contributed by atoms with Gasteiger partial charge in [-0.2, -0.15) is 0 Å². The second-order valence-electron chi connectivity index (χ2n) is 4.88. The normalized spacial score (nSPS) is 18.4. The van der Waals surface area contributed by atoms with Gasteiger partial charge < -0.3 is 15.1 Å². The first kappa shape index (κ1) is 13.3. The van der Waals surface area contributed by atoms with Crippen LogP contribution < -0.4 is 10.6 Å². The van der Waals surface area contributed by atoms with E-state index in [9.17, 15) is 4.79 Å². The molecule has 2 aromatic rings. The van der Waals surface area contributed by atoms with E-state index in [1.54, 1.807) is 11.3 Å². The third kappa shape index (κ3) is 2.91. The number of nitrogens with zero attached hydrogens (tertiary/aromatic N) is 1. The maximum absolute atomic E-state index is 11.9. The van der Waals surface area contributed by atoms with E-state index in [4.69, 9.17) is 4.42 Å². The lowest BCUT2D eigenvalue weighted by Crippen LogP contribution is -2.39. The largest absolute Gasteiger partial charge is 0.458 e. The highest BCUT2D eigenvalue weighted by molar-refractivity contribution is 7.09. The third-order valence-electron chi connectivity index (χ3n) is 3.35. The Morgan fingerprint density at radius 2 is 2.50 bits per heavy atom. The van der Waals surface area contributed by atoms with Crippen molar-refractivity contribution in [2.75, 3.05) is 6.54 Å². The molecule has 0 aromatic carbocycles. The Morgan fingerprint density at radius 1 is 1.60 bits per heavy atom. The molecule has 1 fully saturated rings. The molecule has 106 valence electrons. The summed E-state index contributed by atoms with van der Waals surface area (Å²) in [5.41, 5.74) is 0.850. The van der Waals surface area contributed by atoms with Crippen LogP contribution in [0.4, 0.5) is 0 Å². The second kappa shape index (κ2) is 5.76. The van der Waals surface area contributed by atoms with Crippen LogP contribution in [0.1, 0.15) is 23.6 Å². The van der Waals surface area contributed by atoms with E-state index in [0.717, 1.165) is 41.6 Å². The van der Waals surface area contributed by atoms with Gasteiger partial charge in [0.15, 0.2) is 5.76 Å². The number of thiazole rings is 1. The minimum atomic E-state index is -0.0503. The molecule has 0 bridgehead atoms. The first-order chi connectivity index (χ1) is 9.72. The van der Waals surface area contributed by atoms with Crippen LogP contribution in [0.25, 0.3) is 11.5 Å². The molecule has 20 heavy (non-hydrogen) atoms. The molecule has 6 heteroatoms. The smallest absolute Gasteiger partial charge is 0.237 e. The molecule has 3 heterocycles. The summed E-state index contributed by atoms with van der Waals surface area (Å²) in [5.74, 6) is 1.54. The molecule has 1 aliphatic heterocycles. The average Bonchev–Trinajstić information content (AvgIpc) is 3.16. The monoisotopic (exact) mass is 291 g/mol. The molecule has 1 atom stereocenters. The van der Waals surface area contributed by atoms with E-state index < -0.39 is 0 Å². The predicted octanol–water partition coefficient (Wildman–Crippen LogP) is 2.08. The molecule has 1 amide bonds. The first-order valence-corrected chi connectivity index (χ1v) is 7.62. The molecule has 2 N–H and O–H groups in total. The summed E-state index contributed by atoms with van der Waals surface area (Å²) >= 11 is 1.59. The van der Waals surface area contributed by atoms with Gasteiger partial charge in [0.1, 0.15) is 11.5 Å². The predicted molar refractivity (Wildman–Crippen MR) is 77.4 cm³/mol. The van der Waals surface area contributed by atoms with Crippen LogP contribution in [0.5, 0.6) is 0 Å². The fourth-order valence-electron chi connectivity index (χ4n) is 2.29. The van der Waals surface area contributed by atoms with Crippen molar-refractivity contribution in [2.45, 2.75) is 32.4 Å². The summed E-state index contributed by atoms with van der Waals surface area (Å²) in [7, 11) is 0. The standard InChI is InChI=1S/C14H17N3O2S/c1-9-17-12(8-20-9)13-5-4-10(19-13)7-16-14(18)11-3-2-6-15-11/h4-5,8,11,15H,2-3,6-7H2,1H3,(H,16,18). The Balaban J connectivity index is 1.58. The lowest BCUT2D eigenvalue weighted by atomic mass is 10.2. The molecule has 0 aliphatic carbocycles. The maximum Gasteiger partial charge on any atom is 0.237 e. The van der Waals surface area contributed by atoms with E-state index in [1.165, 1.54) is 0 Å². The number of hydrogen-bond acceptors (Lipinski definition) is 5. The van der Waals surface area contributed by atoms with Crippen molar-refractivity contribution >= 4 is 17.2 Å². The van der Waals surface area contributed by atoms with E-state index >= 15 is 0 Å². The topological polar surface area (TPSA) is 67.2 Å². The zero-order valence-corrected chi connectivity index (χ0v) is 12.1. The van der Waals surface area contributed by atoms with Crippen molar-refractivity contribution < 1.29 is 9.21 Å². The van der Waals surface area contributed by atoms with Crippen LogP contribution in [-0.4, -0.2) is 23.5 Å². The molecule has 1 aliphatic rings. The summed E-state index contributed by atoms with van der Waals surface area (Å²) in [4.78, 5) is 16.3. The Hall–Kier alpha value is -1.66. The lowest BCUT2D eigenvalue weighted by molar-refractivity contribution is -0.123. The van der Waals surface area contributed by atoms with Crippen LogP contribution in [-0.2, 0) is 11.3 Å². The molecular formula is C14H17N3O2S. The summed E-state index contributed by atoms with van der Waals surface area (Å²) in [6.45, 7) is 3.30. The quantitative estimate of drug-likeness (QED) is 0.905. The number of furan rings is 1. The molecule has 3 rings (SSSR count). The Morgan fingerprint density at radius 3 is 3.20 bits per heavy atom. The molecule has 0 radical (unpaired) electrons. The SMILES string of the molecule is Cc1nc(-c2ccc(CNC(=O)C3CCCN3)o2)cs1. The van der Waals surface area contributed by atoms with Crippen LogP contribution in [0.15, 0.2) is 21.9 Å². The highest BCUT2D eigenvalue weighted by Gasteiger charge is 2.21. The van der Waals surface area contributed by atoms with Crippen LogP contribution >= 0.6 is 11.3 Å². The molecule has 1 saturated heterocycles. The minimum absolute atomic E-state index is 0.0463. The fraction of sp³-hybridized carbons (Fsp3) is 0.429. The van der Waals surface area contributed by atoms with Gasteiger partial charge in [-0.05, 0) is 38.4 Å². The summed E-state index contributed by atoms with van der Waals surface area (Å²) in [5, 5.41) is 9.06. The molecule has 0 saturated carbocycles. The summed E-state index contributed by atoms with van der Waals surface area (Å²) in [6.07, 6.45) is 1.97. The Bertz CT molecular complexity index is 599. The van der Waals surface area contributed by atoms with E-state index in [1.807, 2.05) is 24.4 Å². The molecule has 2 aromatic heterocycles. The number of carbonyl (C=O) groups excluding carboxylic acids is 1. The van der Waals surface area contributed by atoms with Crippen LogP contribution in [0, 0.1) is 6.92 Å². The number of carbonyl (C=O) groups is 1. The fourth-order valence-corrected chi connectivity index (χ4v) is 2.90. The van der Waals surface area contributed by atoms with Gasteiger partial charge >= 0.3 is 0 Å². The average molecular weight is 291 g/mol. The summed E-state index contributed by atoms with van der Waals surface area (Å²) < 4.78 is 5.71. The van der Waals surface area contributed by atoms with Gasteiger partial charge in [-0.1, -0.05) is 0 Å². The van der Waals surface area contributed by atoms with E-state index in [0.29, 0.717) is 6.54 Å². The van der Waals surface area contributed by atoms with Gasteiger partial charge in [0.25, 0.3) is 0 Å². The minimum Gasteiger partial charge on any atom is -0.458 e. The number of aromatic nitrogens is 1. The van der Waals surface area contributed by atoms with Gasteiger partial charge in [0.05, 0.1) is 17.6 Å². The van der Waals surface area contributed by atoms with Crippen molar-refractivity contribution in [3.63, 3.8) is 0 Å². The zero-order chi connectivity index (χ0) is 13.9. The number of amides is 1. The first-order valence-electron chi connectivity index (χ1n) is 6.75. The molecule has 1 unspecified atom stereocenters. The third-order valence-corrected chi connectivity index (χ3v) is 4.12. The molecular weight excluding hydrogens is 274 g/mol. The number of hydrogen-bond donors (Lipinski definition) is 2. The zero-order valence-electron chi connectivity index (χ0n) is 11.3. The molecule has 0 spiro atoms. The van der Waals surface area contributed by atoms with Gasteiger partial charge in [-0.15, -0.1) is 11.3 Å². The second-order valence-corrected chi connectivity index (χ2v) is 5.95. The Labute approximate surface area is 121 Å². The van der Waals surface area contributed by atoms with Crippen molar-refractivity contribution in [1.29, 1.82) is 0 Å². The lowest BCUT2D eigenvalue weighted by Gasteiger charge is -2.09. The van der Waals surface area contributed by atoms with E-state index in [-0.39, 0.29) is 11.9 Å². The molecule has 5 nitrogen and oxygen atoms in total. The van der Waals surface area contributed by atoms with Crippen molar-refractivity contribution in [3.8, 4) is 11.5 Å². The van der Waals surface area contributed by atoms with Gasteiger partial charge in [-0.25, -0.2) is 4.98 Å².